The van der Waals surface area contributed by atoms with Crippen molar-refractivity contribution in [3.8, 4) is 5.75 Å². The first-order valence-corrected chi connectivity index (χ1v) is 6.84. The molecule has 0 saturated carbocycles. The smallest absolute Gasteiger partial charge is 0.119 e. The number of hydrogen-bond donors (Lipinski definition) is 1. The van der Waals surface area contributed by atoms with E-state index in [9.17, 15) is 0 Å². The Kier molecular flexibility index (Phi) is 4.99. The molecule has 2 aromatic carbocycles. The summed E-state index contributed by atoms with van der Waals surface area (Å²) in [6.45, 7) is 2.92. The third-order valence-electron chi connectivity index (χ3n) is 3.14. The molecule has 2 aromatic rings. The summed E-state index contributed by atoms with van der Waals surface area (Å²) < 4.78 is 5.72. The van der Waals surface area contributed by atoms with Crippen LogP contribution in [0.2, 0.25) is 0 Å². The highest BCUT2D eigenvalue weighted by Crippen LogP contribution is 2.23. The van der Waals surface area contributed by atoms with Gasteiger partial charge < -0.3 is 10.5 Å². The molecule has 2 heteroatoms. The molecule has 2 N–H and O–H groups in total. The van der Waals surface area contributed by atoms with Gasteiger partial charge in [-0.2, -0.15) is 0 Å². The number of benzene rings is 2. The Morgan fingerprint density at radius 3 is 2.47 bits per heavy atom. The highest BCUT2D eigenvalue weighted by Gasteiger charge is 2.08. The molecule has 0 radical (unpaired) electrons. The van der Waals surface area contributed by atoms with Gasteiger partial charge in [0.15, 0.2) is 0 Å². The Bertz CT molecular complexity index is 496. The van der Waals surface area contributed by atoms with Crippen LogP contribution in [0, 0.1) is 0 Å². The molecule has 2 rings (SSSR count). The molecule has 0 heterocycles. The summed E-state index contributed by atoms with van der Waals surface area (Å²) in [6, 6.07) is 18.1. The highest BCUT2D eigenvalue weighted by atomic mass is 16.5. The van der Waals surface area contributed by atoms with Gasteiger partial charge >= 0.3 is 0 Å². The van der Waals surface area contributed by atoms with Crippen molar-refractivity contribution in [3.05, 3.63) is 65.7 Å². The van der Waals surface area contributed by atoms with Gasteiger partial charge in [0.1, 0.15) is 5.75 Å². The molecule has 0 spiro atoms. The fourth-order valence-corrected chi connectivity index (χ4v) is 1.98. The second-order valence-corrected chi connectivity index (χ2v) is 4.66. The maximum atomic E-state index is 6.28. The van der Waals surface area contributed by atoms with E-state index in [-0.39, 0.29) is 6.04 Å². The molecule has 19 heavy (non-hydrogen) atoms. The molecule has 0 aliphatic rings. The molecule has 0 fully saturated rings. The average molecular weight is 255 g/mol. The lowest BCUT2D eigenvalue weighted by Crippen LogP contribution is -2.11. The zero-order chi connectivity index (χ0) is 13.5. The third kappa shape index (κ3) is 3.83. The van der Waals surface area contributed by atoms with Gasteiger partial charge in [0.2, 0.25) is 0 Å². The van der Waals surface area contributed by atoms with Gasteiger partial charge in [-0.15, -0.1) is 0 Å². The molecule has 1 atom stereocenters. The normalized spacial score (nSPS) is 12.1. The minimum Gasteiger partial charge on any atom is -0.494 e. The molecular formula is C17H21NO. The lowest BCUT2D eigenvalue weighted by molar-refractivity contribution is 0.309. The van der Waals surface area contributed by atoms with E-state index in [1.54, 1.807) is 0 Å². The zero-order valence-electron chi connectivity index (χ0n) is 11.4. The second-order valence-electron chi connectivity index (χ2n) is 4.66. The first kappa shape index (κ1) is 13.6. The fourth-order valence-electron chi connectivity index (χ4n) is 1.98. The molecule has 0 aliphatic carbocycles. The van der Waals surface area contributed by atoms with Crippen LogP contribution in [-0.4, -0.2) is 6.61 Å². The van der Waals surface area contributed by atoms with E-state index in [0.717, 1.165) is 36.3 Å². The summed E-state index contributed by atoms with van der Waals surface area (Å²) in [6.07, 6.45) is 2.22. The van der Waals surface area contributed by atoms with Gasteiger partial charge in [-0.05, 0) is 29.7 Å². The minimum atomic E-state index is -0.101. The molecule has 1 unspecified atom stereocenters. The van der Waals surface area contributed by atoms with Crippen molar-refractivity contribution in [1.82, 2.24) is 0 Å². The van der Waals surface area contributed by atoms with Gasteiger partial charge in [-0.1, -0.05) is 55.8 Å². The molecule has 0 amide bonds. The first-order chi connectivity index (χ1) is 9.31. The lowest BCUT2D eigenvalue weighted by atomic mass is 10.00. The van der Waals surface area contributed by atoms with Gasteiger partial charge in [0.25, 0.3) is 0 Å². The van der Waals surface area contributed by atoms with Crippen LogP contribution in [0.5, 0.6) is 5.75 Å². The van der Waals surface area contributed by atoms with E-state index in [4.69, 9.17) is 10.5 Å². The summed E-state index contributed by atoms with van der Waals surface area (Å²) in [5.74, 6) is 0.900. The van der Waals surface area contributed by atoms with Crippen LogP contribution in [0.15, 0.2) is 54.6 Å². The number of ether oxygens (including phenoxy) is 1. The number of unbranched alkanes of at least 4 members (excludes halogenated alkanes) is 1. The van der Waals surface area contributed by atoms with E-state index in [0.29, 0.717) is 0 Å². The van der Waals surface area contributed by atoms with Crippen LogP contribution in [-0.2, 0) is 0 Å². The maximum Gasteiger partial charge on any atom is 0.119 e. The van der Waals surface area contributed by atoms with Crippen LogP contribution >= 0.6 is 0 Å². The summed E-state index contributed by atoms with van der Waals surface area (Å²) in [5.41, 5.74) is 8.49. The molecular weight excluding hydrogens is 234 g/mol. The summed E-state index contributed by atoms with van der Waals surface area (Å²) in [7, 11) is 0. The van der Waals surface area contributed by atoms with Gasteiger partial charge in [-0.3, -0.25) is 0 Å². The van der Waals surface area contributed by atoms with Crippen molar-refractivity contribution in [3.63, 3.8) is 0 Å². The van der Waals surface area contributed by atoms with Crippen molar-refractivity contribution >= 4 is 0 Å². The Morgan fingerprint density at radius 1 is 1.00 bits per heavy atom. The average Bonchev–Trinajstić information content (AvgIpc) is 2.48. The number of hydrogen-bond acceptors (Lipinski definition) is 2. The van der Waals surface area contributed by atoms with E-state index < -0.39 is 0 Å². The highest BCUT2D eigenvalue weighted by molar-refractivity contribution is 5.36. The topological polar surface area (TPSA) is 35.2 Å². The molecule has 0 aromatic heterocycles. The van der Waals surface area contributed by atoms with Gasteiger partial charge in [0, 0.05) is 0 Å². The van der Waals surface area contributed by atoms with Crippen LogP contribution in [0.25, 0.3) is 0 Å². The van der Waals surface area contributed by atoms with Crippen molar-refractivity contribution in [1.29, 1.82) is 0 Å². The van der Waals surface area contributed by atoms with Crippen molar-refractivity contribution in [2.45, 2.75) is 25.8 Å². The minimum absolute atomic E-state index is 0.101. The maximum absolute atomic E-state index is 6.28. The quantitative estimate of drug-likeness (QED) is 0.794. The standard InChI is InChI=1S/C17H21NO/c1-2-3-12-19-16-11-7-10-15(13-16)17(18)14-8-5-4-6-9-14/h4-11,13,17H,2-3,12,18H2,1H3. The van der Waals surface area contributed by atoms with Gasteiger partial charge in [-0.25, -0.2) is 0 Å². The van der Waals surface area contributed by atoms with Crippen LogP contribution in [0.1, 0.15) is 36.9 Å². The Morgan fingerprint density at radius 2 is 1.74 bits per heavy atom. The molecule has 0 aliphatic heterocycles. The van der Waals surface area contributed by atoms with E-state index in [2.05, 4.69) is 19.1 Å². The van der Waals surface area contributed by atoms with Crippen LogP contribution in [0.3, 0.4) is 0 Å². The zero-order valence-corrected chi connectivity index (χ0v) is 11.4. The molecule has 100 valence electrons. The van der Waals surface area contributed by atoms with Gasteiger partial charge in [0.05, 0.1) is 12.6 Å². The third-order valence-corrected chi connectivity index (χ3v) is 3.14. The Labute approximate surface area is 115 Å². The molecule has 0 saturated heterocycles. The summed E-state index contributed by atoms with van der Waals surface area (Å²) in [5, 5.41) is 0. The van der Waals surface area contributed by atoms with Crippen molar-refractivity contribution in [2.24, 2.45) is 5.73 Å². The predicted octanol–water partition coefficient (Wildman–Crippen LogP) is 3.91. The fraction of sp³-hybridized carbons (Fsp3) is 0.294. The van der Waals surface area contributed by atoms with Crippen molar-refractivity contribution < 1.29 is 4.74 Å². The van der Waals surface area contributed by atoms with E-state index in [1.807, 2.05) is 42.5 Å². The largest absolute Gasteiger partial charge is 0.494 e. The van der Waals surface area contributed by atoms with Crippen LogP contribution in [0.4, 0.5) is 0 Å². The van der Waals surface area contributed by atoms with Crippen molar-refractivity contribution in [2.75, 3.05) is 6.61 Å². The number of rotatable bonds is 6. The molecule has 2 nitrogen and oxygen atoms in total. The second kappa shape index (κ2) is 6.95. The summed E-state index contributed by atoms with van der Waals surface area (Å²) >= 11 is 0. The Balaban J connectivity index is 2.10. The first-order valence-electron chi connectivity index (χ1n) is 6.84. The monoisotopic (exact) mass is 255 g/mol. The lowest BCUT2D eigenvalue weighted by Gasteiger charge is -2.14. The van der Waals surface area contributed by atoms with E-state index in [1.165, 1.54) is 0 Å². The molecule has 0 bridgehead atoms. The van der Waals surface area contributed by atoms with E-state index >= 15 is 0 Å². The Hall–Kier alpha value is -1.80. The van der Waals surface area contributed by atoms with Crippen LogP contribution < -0.4 is 10.5 Å². The SMILES string of the molecule is CCCCOc1cccc(C(N)c2ccccc2)c1. The summed E-state index contributed by atoms with van der Waals surface area (Å²) in [4.78, 5) is 0. The predicted molar refractivity (Wildman–Crippen MR) is 79.3 cm³/mol. The number of nitrogens with two attached hydrogens (primary N) is 1.